The molecule has 18 unspecified atom stereocenters. The van der Waals surface area contributed by atoms with Crippen molar-refractivity contribution in [3.05, 3.63) is 10.6 Å². The molecule has 5 heterocycles. The molecule has 6 N–H and O–H groups in total. The molecule has 14 nitrogen and oxygen atoms in total. The summed E-state index contributed by atoms with van der Waals surface area (Å²) >= 11 is 0. The molecule has 8 bridgehead atoms. The van der Waals surface area contributed by atoms with Crippen LogP contribution in [0.1, 0.15) is 89.9 Å². The fourth-order valence-corrected chi connectivity index (χ4v) is 14.0. The van der Waals surface area contributed by atoms with Crippen molar-refractivity contribution in [2.45, 2.75) is 150 Å². The standard InChI is InChI=1S/C32H54N8O6S2.Cu.2Na/c41-47(42,43)15-9-11-21-23(13-15)32-38-28-20-8-4-2-6-18(20)26(34-28)36-30-22-12-10-16(48(44,45)46)14-24(22)31(40-30)37-27-19-7-3-1-5-17(19)25(33-27)35-29(21)39-32;;;/h15-32,35-40H,1-14H2,(H,41,42,43)(H,44,45,46);;;/q-2;+2;2*+1/p-2. The first-order chi connectivity index (χ1) is 23.0. The predicted molar refractivity (Wildman–Crippen MR) is 175 cm³/mol. The van der Waals surface area contributed by atoms with Crippen LogP contribution in [0.4, 0.5) is 0 Å². The Morgan fingerprint density at radius 2 is 0.706 bits per heavy atom. The Labute approximate surface area is 358 Å². The van der Waals surface area contributed by atoms with Gasteiger partial charge in [-0.25, -0.2) is 16.8 Å². The number of hydrogen-bond acceptors (Lipinski definition) is 12. The molecule has 0 amide bonds. The van der Waals surface area contributed by atoms with E-state index in [2.05, 4.69) is 31.9 Å². The average Bonchev–Trinajstić information content (AvgIpc) is 3.79. The summed E-state index contributed by atoms with van der Waals surface area (Å²) in [6, 6.07) is 0. The van der Waals surface area contributed by atoms with Crippen molar-refractivity contribution in [2.24, 2.45) is 47.3 Å². The third kappa shape index (κ3) is 8.20. The zero-order valence-electron chi connectivity index (χ0n) is 29.8. The molecule has 4 saturated carbocycles. The second-order valence-electron chi connectivity index (χ2n) is 16.7. The molecule has 9 rings (SSSR count). The van der Waals surface area contributed by atoms with E-state index in [4.69, 9.17) is 10.6 Å². The smallest absolute Gasteiger partial charge is 0.748 e. The quantitative estimate of drug-likeness (QED) is 0.115. The van der Waals surface area contributed by atoms with Gasteiger partial charge in [-0.1, -0.05) is 76.0 Å². The zero-order chi connectivity index (χ0) is 32.9. The summed E-state index contributed by atoms with van der Waals surface area (Å²) in [5.74, 6) is 1.75. The van der Waals surface area contributed by atoms with Gasteiger partial charge in [-0.3, -0.25) is 10.6 Å². The summed E-state index contributed by atoms with van der Waals surface area (Å²) in [7, 11) is -8.76. The van der Waals surface area contributed by atoms with Crippen molar-refractivity contribution < 1.29 is 102 Å². The Bertz CT molecular complexity index is 1350. The molecule has 0 aromatic rings. The molecule has 281 valence electrons. The van der Waals surface area contributed by atoms with Crippen LogP contribution in [0.15, 0.2) is 0 Å². The first kappa shape index (κ1) is 42.6. The van der Waals surface area contributed by atoms with Gasteiger partial charge in [0.25, 0.3) is 0 Å². The van der Waals surface area contributed by atoms with E-state index in [1.807, 2.05) is 0 Å². The van der Waals surface area contributed by atoms with E-state index >= 15 is 0 Å². The van der Waals surface area contributed by atoms with Gasteiger partial charge in [0.15, 0.2) is 0 Å². The molecule has 18 atom stereocenters. The van der Waals surface area contributed by atoms with Gasteiger partial charge in [0.2, 0.25) is 0 Å². The van der Waals surface area contributed by atoms with Gasteiger partial charge < -0.3 is 41.0 Å². The molecule has 5 saturated heterocycles. The molecule has 1 radical (unpaired) electrons. The second-order valence-corrected chi connectivity index (χ2v) is 20.0. The van der Waals surface area contributed by atoms with Crippen molar-refractivity contribution in [3.63, 3.8) is 0 Å². The zero-order valence-corrected chi connectivity index (χ0v) is 36.3. The molecular weight excluding hydrogens is 766 g/mol. The topological polar surface area (TPSA) is 215 Å². The van der Waals surface area contributed by atoms with Gasteiger partial charge >= 0.3 is 76.2 Å². The van der Waals surface area contributed by atoms with Crippen molar-refractivity contribution in [1.82, 2.24) is 31.9 Å². The van der Waals surface area contributed by atoms with Gasteiger partial charge in [0.1, 0.15) is 0 Å². The van der Waals surface area contributed by atoms with Gasteiger partial charge in [0.05, 0.1) is 44.9 Å². The summed E-state index contributed by atoms with van der Waals surface area (Å²) in [6.45, 7) is 0. The van der Waals surface area contributed by atoms with Crippen LogP contribution in [0, 0.1) is 47.3 Å². The Kier molecular flexibility index (Phi) is 14.0. The fourth-order valence-electron chi connectivity index (χ4n) is 12.2. The fraction of sp³-hybridized carbons (Fsp3) is 1.00. The molecule has 5 aliphatic heterocycles. The Hall–Kier alpha value is 2.02. The van der Waals surface area contributed by atoms with Gasteiger partial charge in [-0.2, -0.15) is 0 Å². The molecule has 0 spiro atoms. The van der Waals surface area contributed by atoms with E-state index in [1.54, 1.807) is 0 Å². The van der Waals surface area contributed by atoms with Gasteiger partial charge in [-0.05, 0) is 85.9 Å². The van der Waals surface area contributed by atoms with E-state index in [0.29, 0.717) is 62.2 Å². The minimum atomic E-state index is -4.38. The molecule has 51 heavy (non-hydrogen) atoms. The van der Waals surface area contributed by atoms with Crippen LogP contribution in [0.25, 0.3) is 10.6 Å². The number of rotatable bonds is 2. The van der Waals surface area contributed by atoms with E-state index < -0.39 is 30.7 Å². The minimum Gasteiger partial charge on any atom is -0.748 e. The second kappa shape index (κ2) is 16.7. The van der Waals surface area contributed by atoms with E-state index in [1.165, 1.54) is 0 Å². The number of nitrogens with one attached hydrogen (secondary N) is 6. The molecule has 0 aromatic heterocycles. The maximum atomic E-state index is 12.2. The van der Waals surface area contributed by atoms with E-state index in [9.17, 15) is 25.9 Å². The summed E-state index contributed by atoms with van der Waals surface area (Å²) < 4.78 is 73.4. The summed E-state index contributed by atoms with van der Waals surface area (Å²) in [4.78, 5) is 0. The molecule has 9 aliphatic rings. The Balaban J connectivity index is 0.00000149. The van der Waals surface area contributed by atoms with Crippen LogP contribution >= 0.6 is 0 Å². The van der Waals surface area contributed by atoms with Crippen LogP contribution < -0.4 is 91.0 Å². The van der Waals surface area contributed by atoms with Crippen molar-refractivity contribution in [2.75, 3.05) is 0 Å². The molecule has 4 aliphatic carbocycles. The van der Waals surface area contributed by atoms with Crippen LogP contribution in [0.3, 0.4) is 0 Å². The van der Waals surface area contributed by atoms with E-state index in [-0.39, 0.29) is 149 Å². The number of fused-ring (bicyclic) bond motifs is 20. The van der Waals surface area contributed by atoms with Crippen LogP contribution in [0.2, 0.25) is 0 Å². The molecule has 0 aromatic carbocycles. The monoisotopic (exact) mass is 817 g/mol. The summed E-state index contributed by atoms with van der Waals surface area (Å²) in [6.07, 6.45) is 11.0. The first-order valence-corrected chi connectivity index (χ1v) is 21.8. The largest absolute Gasteiger partial charge is 2.00 e. The average molecular weight is 818 g/mol. The van der Waals surface area contributed by atoms with Crippen LogP contribution in [-0.4, -0.2) is 85.8 Å². The molecule has 9 fully saturated rings. The normalized spacial score (nSPS) is 50.6. The Morgan fingerprint density at radius 1 is 0.412 bits per heavy atom. The first-order valence-electron chi connectivity index (χ1n) is 18.9. The van der Waals surface area contributed by atoms with Gasteiger partial charge in [0, 0.05) is 10.5 Å². The van der Waals surface area contributed by atoms with Crippen molar-refractivity contribution in [3.8, 4) is 0 Å². The SMILES string of the molecule is O=S(=O)([O-])C1CCC2C3NC4[N-]C(NC5NC(NC6[N-]C(NC(N3)C2C1)C1CCCCC61)C1CCC(S(=O)(=O)[O-])CC51)C1CCCCC41.[Cu+2].[Na+].[Na+]. The number of hydrogen-bond donors (Lipinski definition) is 6. The predicted octanol–water partition coefficient (Wildman–Crippen LogP) is -4.77. The van der Waals surface area contributed by atoms with E-state index in [0.717, 1.165) is 51.4 Å². The van der Waals surface area contributed by atoms with Crippen LogP contribution in [-0.2, 0) is 37.3 Å². The third-order valence-corrected chi connectivity index (χ3v) is 17.0. The summed E-state index contributed by atoms with van der Waals surface area (Å²) in [5.41, 5.74) is 0. The van der Waals surface area contributed by atoms with Crippen molar-refractivity contribution in [1.29, 1.82) is 0 Å². The minimum absolute atomic E-state index is 0. The summed E-state index contributed by atoms with van der Waals surface area (Å²) in [5, 5.41) is 32.4. The van der Waals surface area contributed by atoms with Gasteiger partial charge in [-0.15, -0.1) is 0 Å². The molecule has 19 heteroatoms. The maximum Gasteiger partial charge on any atom is 2.00 e. The third-order valence-electron chi connectivity index (χ3n) is 14.5. The molecular formula is C32H52CuN8Na2O6S2. The Morgan fingerprint density at radius 3 is 1.00 bits per heavy atom. The maximum absolute atomic E-state index is 12.2. The number of nitrogens with zero attached hydrogens (tertiary/aromatic N) is 2. The van der Waals surface area contributed by atoms with Crippen molar-refractivity contribution >= 4 is 20.2 Å². The van der Waals surface area contributed by atoms with Crippen LogP contribution in [0.5, 0.6) is 0 Å².